The summed E-state index contributed by atoms with van der Waals surface area (Å²) in [7, 11) is -3.23. The third-order valence-corrected chi connectivity index (χ3v) is 6.79. The Morgan fingerprint density at radius 3 is 2.42 bits per heavy atom. The molecule has 2 heterocycles. The van der Waals surface area contributed by atoms with Crippen LogP contribution in [0.5, 0.6) is 5.75 Å². The maximum atomic E-state index is 11.6. The topological polar surface area (TPSA) is 85.5 Å². The van der Waals surface area contributed by atoms with Crippen molar-refractivity contribution in [1.29, 1.82) is 0 Å². The van der Waals surface area contributed by atoms with E-state index in [1.54, 1.807) is 24.3 Å². The van der Waals surface area contributed by atoms with Crippen LogP contribution < -0.4 is 4.74 Å². The van der Waals surface area contributed by atoms with Gasteiger partial charge in [-0.3, -0.25) is 4.90 Å². The third kappa shape index (κ3) is 5.64. The number of rotatable bonds is 7. The minimum absolute atomic E-state index is 0.227. The van der Waals surface area contributed by atoms with Crippen LogP contribution in [0.4, 0.5) is 0 Å². The van der Waals surface area contributed by atoms with Gasteiger partial charge in [0.25, 0.3) is 0 Å². The molecule has 164 valence electrons. The molecule has 0 N–H and O–H groups in total. The van der Waals surface area contributed by atoms with E-state index >= 15 is 0 Å². The first-order valence-electron chi connectivity index (χ1n) is 10.1. The fourth-order valence-corrected chi connectivity index (χ4v) is 4.35. The summed E-state index contributed by atoms with van der Waals surface area (Å²) in [5, 5.41) is 4.78. The largest absolute Gasteiger partial charge is 0.492 e. The van der Waals surface area contributed by atoms with Crippen LogP contribution in [-0.4, -0.2) is 56.0 Å². The average molecular weight is 462 g/mol. The lowest BCUT2D eigenvalue weighted by Crippen LogP contribution is -2.35. The van der Waals surface area contributed by atoms with Crippen LogP contribution in [0.3, 0.4) is 0 Å². The first-order chi connectivity index (χ1) is 14.9. The summed E-state index contributed by atoms with van der Waals surface area (Å²) in [5.74, 6) is 2.17. The molecule has 0 amide bonds. The van der Waals surface area contributed by atoms with Crippen molar-refractivity contribution < 1.29 is 17.7 Å². The van der Waals surface area contributed by atoms with Crippen LogP contribution >= 0.6 is 11.6 Å². The van der Waals surface area contributed by atoms with E-state index in [4.69, 9.17) is 20.9 Å². The fourth-order valence-electron chi connectivity index (χ4n) is 3.60. The molecule has 0 saturated carbocycles. The van der Waals surface area contributed by atoms with E-state index in [2.05, 4.69) is 15.0 Å². The summed E-state index contributed by atoms with van der Waals surface area (Å²) in [6, 6.07) is 13.9. The highest BCUT2D eigenvalue weighted by atomic mass is 35.5. The smallest absolute Gasteiger partial charge is 0.230 e. The van der Waals surface area contributed by atoms with Crippen LogP contribution in [0.15, 0.2) is 57.9 Å². The zero-order valence-electron chi connectivity index (χ0n) is 17.2. The van der Waals surface area contributed by atoms with Crippen molar-refractivity contribution in [2.24, 2.45) is 0 Å². The minimum atomic E-state index is -3.23. The predicted octanol–water partition coefficient (Wildman–Crippen LogP) is 4.05. The number of hydrogen-bond acceptors (Lipinski definition) is 7. The van der Waals surface area contributed by atoms with Crippen LogP contribution in [0.25, 0.3) is 11.4 Å². The molecule has 7 nitrogen and oxygen atoms in total. The Morgan fingerprint density at radius 1 is 1.10 bits per heavy atom. The van der Waals surface area contributed by atoms with Crippen molar-refractivity contribution >= 4 is 21.4 Å². The SMILES string of the molecule is CS(=O)(=O)c1ccc(-c2noc(C3CCN(CCOc4ccc(Cl)cc4)CC3)n2)cc1. The molecule has 9 heteroatoms. The zero-order valence-corrected chi connectivity index (χ0v) is 18.8. The molecule has 1 aliphatic heterocycles. The molecule has 0 unspecified atom stereocenters. The average Bonchev–Trinajstić information content (AvgIpc) is 3.25. The van der Waals surface area contributed by atoms with Crippen molar-refractivity contribution in [3.8, 4) is 17.1 Å². The maximum absolute atomic E-state index is 11.6. The molecule has 1 aromatic heterocycles. The molecule has 3 aromatic rings. The van der Waals surface area contributed by atoms with E-state index in [1.165, 1.54) is 6.26 Å². The van der Waals surface area contributed by atoms with Crippen molar-refractivity contribution in [2.75, 3.05) is 32.5 Å². The Balaban J connectivity index is 1.27. The van der Waals surface area contributed by atoms with E-state index in [0.29, 0.717) is 23.3 Å². The second kappa shape index (κ2) is 9.38. The lowest BCUT2D eigenvalue weighted by molar-refractivity contribution is 0.163. The summed E-state index contributed by atoms with van der Waals surface area (Å²) in [5.41, 5.74) is 0.735. The molecule has 31 heavy (non-hydrogen) atoms. The molecule has 0 spiro atoms. The van der Waals surface area contributed by atoms with Gasteiger partial charge in [-0.1, -0.05) is 16.8 Å². The molecule has 1 fully saturated rings. The number of nitrogens with zero attached hydrogens (tertiary/aromatic N) is 3. The van der Waals surface area contributed by atoms with Gasteiger partial charge >= 0.3 is 0 Å². The normalized spacial score (nSPS) is 15.8. The molecule has 0 bridgehead atoms. The third-order valence-electron chi connectivity index (χ3n) is 5.41. The van der Waals surface area contributed by atoms with E-state index in [1.807, 2.05) is 24.3 Å². The fraction of sp³-hybridized carbons (Fsp3) is 0.364. The van der Waals surface area contributed by atoms with E-state index < -0.39 is 9.84 Å². The van der Waals surface area contributed by atoms with Crippen LogP contribution in [-0.2, 0) is 9.84 Å². The molecule has 0 radical (unpaired) electrons. The molecule has 1 aliphatic rings. The van der Waals surface area contributed by atoms with Gasteiger partial charge in [-0.2, -0.15) is 4.98 Å². The number of piperidine rings is 1. The number of halogens is 1. The zero-order chi connectivity index (χ0) is 21.8. The summed E-state index contributed by atoms with van der Waals surface area (Å²) < 4.78 is 34.5. The van der Waals surface area contributed by atoms with E-state index in [0.717, 1.165) is 43.8 Å². The lowest BCUT2D eigenvalue weighted by atomic mass is 9.97. The van der Waals surface area contributed by atoms with Crippen molar-refractivity contribution in [3.05, 3.63) is 59.4 Å². The highest BCUT2D eigenvalue weighted by molar-refractivity contribution is 7.90. The second-order valence-electron chi connectivity index (χ2n) is 7.67. The number of ether oxygens (including phenoxy) is 1. The van der Waals surface area contributed by atoms with Crippen LogP contribution in [0.2, 0.25) is 5.02 Å². The maximum Gasteiger partial charge on any atom is 0.230 e. The quantitative estimate of drug-likeness (QED) is 0.524. The van der Waals surface area contributed by atoms with Gasteiger partial charge in [0.15, 0.2) is 9.84 Å². The van der Waals surface area contributed by atoms with E-state index in [9.17, 15) is 8.42 Å². The molecular formula is C22H24ClN3O4S. The van der Waals surface area contributed by atoms with Gasteiger partial charge in [-0.05, 0) is 74.5 Å². The van der Waals surface area contributed by atoms with Gasteiger partial charge in [0.1, 0.15) is 12.4 Å². The summed E-state index contributed by atoms with van der Waals surface area (Å²) in [4.78, 5) is 7.19. The molecule has 4 rings (SSSR count). The minimum Gasteiger partial charge on any atom is -0.492 e. The van der Waals surface area contributed by atoms with Crippen LogP contribution in [0, 0.1) is 0 Å². The summed E-state index contributed by atoms with van der Waals surface area (Å²) in [6.45, 7) is 3.36. The van der Waals surface area contributed by atoms with Gasteiger partial charge in [0.05, 0.1) is 4.90 Å². The van der Waals surface area contributed by atoms with Crippen molar-refractivity contribution in [3.63, 3.8) is 0 Å². The monoisotopic (exact) mass is 461 g/mol. The first kappa shape index (κ1) is 21.8. The van der Waals surface area contributed by atoms with Crippen LogP contribution in [0.1, 0.15) is 24.7 Å². The van der Waals surface area contributed by atoms with Crippen molar-refractivity contribution in [2.45, 2.75) is 23.7 Å². The standard InChI is InChI=1S/C22H24ClN3O4S/c1-31(27,28)20-8-2-16(3-9-20)21-24-22(30-25-21)17-10-12-26(13-11-17)14-15-29-19-6-4-18(23)5-7-19/h2-9,17H,10-15H2,1H3. The number of benzene rings is 2. The number of sulfone groups is 1. The van der Waals surface area contributed by atoms with Gasteiger partial charge in [0.2, 0.25) is 11.7 Å². The highest BCUT2D eigenvalue weighted by Crippen LogP contribution is 2.29. The highest BCUT2D eigenvalue weighted by Gasteiger charge is 2.25. The Bertz CT molecular complexity index is 1110. The number of aromatic nitrogens is 2. The number of likely N-dealkylation sites (tertiary alicyclic amines) is 1. The summed E-state index contributed by atoms with van der Waals surface area (Å²) >= 11 is 5.89. The summed E-state index contributed by atoms with van der Waals surface area (Å²) in [6.07, 6.45) is 3.07. The predicted molar refractivity (Wildman–Crippen MR) is 118 cm³/mol. The second-order valence-corrected chi connectivity index (χ2v) is 10.1. The Hall–Kier alpha value is -2.42. The van der Waals surface area contributed by atoms with Gasteiger partial charge < -0.3 is 9.26 Å². The molecule has 0 aliphatic carbocycles. The lowest BCUT2D eigenvalue weighted by Gasteiger charge is -2.30. The number of hydrogen-bond donors (Lipinski definition) is 0. The van der Waals surface area contributed by atoms with Crippen molar-refractivity contribution in [1.82, 2.24) is 15.0 Å². The van der Waals surface area contributed by atoms with E-state index in [-0.39, 0.29) is 10.8 Å². The van der Waals surface area contributed by atoms with Gasteiger partial charge in [-0.25, -0.2) is 8.42 Å². The Kier molecular flexibility index (Phi) is 6.60. The first-order valence-corrected chi connectivity index (χ1v) is 12.4. The Labute approximate surface area is 186 Å². The Morgan fingerprint density at radius 2 is 1.77 bits per heavy atom. The van der Waals surface area contributed by atoms with Gasteiger partial charge in [0, 0.05) is 29.3 Å². The molecule has 0 atom stereocenters. The van der Waals surface area contributed by atoms with Gasteiger partial charge in [-0.15, -0.1) is 0 Å². The molecule has 2 aromatic carbocycles. The molecular weight excluding hydrogens is 438 g/mol. The molecule has 1 saturated heterocycles.